The zero-order valence-corrected chi connectivity index (χ0v) is 19.8. The summed E-state index contributed by atoms with van der Waals surface area (Å²) in [5, 5.41) is 3.13. The molecule has 0 spiro atoms. The maximum atomic E-state index is 13.2. The summed E-state index contributed by atoms with van der Waals surface area (Å²) in [6, 6.07) is 17.8. The molecule has 0 unspecified atom stereocenters. The first-order valence-corrected chi connectivity index (χ1v) is 11.6. The topological polar surface area (TPSA) is 55.7 Å². The van der Waals surface area contributed by atoms with Gasteiger partial charge in [0.25, 0.3) is 5.91 Å². The number of piperidine rings is 1. The largest absolute Gasteiger partial charge is 0.497 e. The lowest BCUT2D eigenvalue weighted by molar-refractivity contribution is 0.0946. The van der Waals surface area contributed by atoms with Gasteiger partial charge >= 0.3 is 0 Å². The number of carbonyl (C=O) groups excluding carboxylic acids is 1. The lowest BCUT2D eigenvalue weighted by Gasteiger charge is -2.26. The monoisotopic (exact) mass is 447 g/mol. The van der Waals surface area contributed by atoms with Gasteiger partial charge in [-0.2, -0.15) is 0 Å². The van der Waals surface area contributed by atoms with E-state index in [-0.39, 0.29) is 5.91 Å². The van der Waals surface area contributed by atoms with Crippen LogP contribution in [0.2, 0.25) is 0 Å². The second-order valence-corrected chi connectivity index (χ2v) is 8.43. The van der Waals surface area contributed by atoms with Crippen LogP contribution in [0.15, 0.2) is 54.6 Å². The van der Waals surface area contributed by atoms with E-state index in [0.717, 1.165) is 48.0 Å². The minimum Gasteiger partial charge on any atom is -0.497 e. The molecule has 2 heterocycles. The molecular formula is C27H33N3O3. The average molecular weight is 448 g/mol. The Kier molecular flexibility index (Phi) is 7.35. The van der Waals surface area contributed by atoms with Crippen molar-refractivity contribution in [2.45, 2.75) is 26.2 Å². The number of hydrogen-bond donors (Lipinski definition) is 1. The Bertz CT molecular complexity index is 1090. The van der Waals surface area contributed by atoms with Gasteiger partial charge in [-0.15, -0.1) is 0 Å². The van der Waals surface area contributed by atoms with E-state index >= 15 is 0 Å². The highest BCUT2D eigenvalue weighted by molar-refractivity contribution is 5.97. The molecule has 4 rings (SSSR count). The van der Waals surface area contributed by atoms with Gasteiger partial charge in [-0.05, 0) is 56.6 Å². The van der Waals surface area contributed by atoms with Crippen LogP contribution in [0.1, 0.15) is 35.3 Å². The summed E-state index contributed by atoms with van der Waals surface area (Å²) in [5.74, 6) is 1.39. The number of rotatable bonds is 8. The summed E-state index contributed by atoms with van der Waals surface area (Å²) in [4.78, 5) is 15.6. The minimum atomic E-state index is -0.0534. The Morgan fingerprint density at radius 1 is 0.970 bits per heavy atom. The van der Waals surface area contributed by atoms with Crippen molar-refractivity contribution in [2.24, 2.45) is 0 Å². The molecule has 0 atom stereocenters. The van der Waals surface area contributed by atoms with Gasteiger partial charge in [-0.3, -0.25) is 4.79 Å². The number of ether oxygens (including phenoxy) is 2. The smallest absolute Gasteiger partial charge is 0.253 e. The van der Waals surface area contributed by atoms with E-state index in [0.29, 0.717) is 17.9 Å². The highest BCUT2D eigenvalue weighted by Gasteiger charge is 2.22. The van der Waals surface area contributed by atoms with Gasteiger partial charge in [0.1, 0.15) is 11.5 Å². The minimum absolute atomic E-state index is 0.0534. The third-order valence-corrected chi connectivity index (χ3v) is 6.35. The van der Waals surface area contributed by atoms with Crippen LogP contribution in [0.5, 0.6) is 11.5 Å². The third kappa shape index (κ3) is 5.06. The molecule has 1 aliphatic rings. The van der Waals surface area contributed by atoms with Crippen molar-refractivity contribution in [2.75, 3.05) is 40.4 Å². The van der Waals surface area contributed by atoms with Crippen molar-refractivity contribution in [1.82, 2.24) is 14.8 Å². The number of nitrogens with one attached hydrogen (secondary N) is 1. The summed E-state index contributed by atoms with van der Waals surface area (Å²) in [7, 11) is 3.30. The Labute approximate surface area is 196 Å². The zero-order valence-electron chi connectivity index (χ0n) is 19.8. The van der Waals surface area contributed by atoms with Crippen LogP contribution in [0, 0.1) is 6.92 Å². The summed E-state index contributed by atoms with van der Waals surface area (Å²) in [6.45, 7) is 5.76. The van der Waals surface area contributed by atoms with Gasteiger partial charge in [-0.25, -0.2) is 0 Å². The van der Waals surface area contributed by atoms with E-state index in [4.69, 9.17) is 9.47 Å². The number of benzene rings is 2. The number of methoxy groups -OCH3 is 2. The Hall–Kier alpha value is -3.25. The van der Waals surface area contributed by atoms with E-state index < -0.39 is 0 Å². The molecule has 3 aromatic rings. The van der Waals surface area contributed by atoms with E-state index in [1.165, 1.54) is 19.3 Å². The van der Waals surface area contributed by atoms with Gasteiger partial charge in [0, 0.05) is 24.8 Å². The fraction of sp³-hybridized carbons (Fsp3) is 0.370. The number of carbonyl (C=O) groups is 1. The SMILES string of the molecule is COc1ccc(OC)c(-n2c(-c3ccccc3)cc(C(=O)NCCN3CCCCC3)c2C)c1. The van der Waals surface area contributed by atoms with Crippen molar-refractivity contribution in [3.63, 3.8) is 0 Å². The van der Waals surface area contributed by atoms with Crippen molar-refractivity contribution in [1.29, 1.82) is 0 Å². The Morgan fingerprint density at radius 2 is 1.73 bits per heavy atom. The van der Waals surface area contributed by atoms with Gasteiger partial charge in [0.2, 0.25) is 0 Å². The first-order valence-electron chi connectivity index (χ1n) is 11.6. The number of nitrogens with zero attached hydrogens (tertiary/aromatic N) is 2. The van der Waals surface area contributed by atoms with Gasteiger partial charge < -0.3 is 24.3 Å². The van der Waals surface area contributed by atoms with Crippen LogP contribution in [0.3, 0.4) is 0 Å². The number of aromatic nitrogens is 1. The molecule has 1 amide bonds. The molecule has 0 radical (unpaired) electrons. The van der Waals surface area contributed by atoms with E-state index in [9.17, 15) is 4.79 Å². The quantitative estimate of drug-likeness (QED) is 0.545. The molecule has 0 aliphatic carbocycles. The summed E-state index contributed by atoms with van der Waals surface area (Å²) in [5.41, 5.74) is 4.31. The highest BCUT2D eigenvalue weighted by Crippen LogP contribution is 2.35. The first-order chi connectivity index (χ1) is 16.1. The first kappa shape index (κ1) is 22.9. The fourth-order valence-corrected chi connectivity index (χ4v) is 4.55. The summed E-state index contributed by atoms with van der Waals surface area (Å²) >= 11 is 0. The van der Waals surface area contributed by atoms with Gasteiger partial charge in [0.05, 0.1) is 31.2 Å². The van der Waals surface area contributed by atoms with Crippen molar-refractivity contribution in [3.8, 4) is 28.4 Å². The molecule has 1 aromatic heterocycles. The van der Waals surface area contributed by atoms with Crippen LogP contribution in [0.25, 0.3) is 16.9 Å². The molecule has 0 saturated carbocycles. The molecule has 2 aromatic carbocycles. The number of hydrogen-bond acceptors (Lipinski definition) is 4. The molecule has 6 heteroatoms. The van der Waals surface area contributed by atoms with Crippen LogP contribution in [0.4, 0.5) is 0 Å². The van der Waals surface area contributed by atoms with Gasteiger partial charge in [0.15, 0.2) is 0 Å². The third-order valence-electron chi connectivity index (χ3n) is 6.35. The zero-order chi connectivity index (χ0) is 23.2. The Balaban J connectivity index is 1.68. The number of amides is 1. The van der Waals surface area contributed by atoms with Crippen molar-refractivity contribution >= 4 is 5.91 Å². The molecule has 1 fully saturated rings. The second kappa shape index (κ2) is 10.6. The highest BCUT2D eigenvalue weighted by atomic mass is 16.5. The van der Waals surface area contributed by atoms with Crippen LogP contribution in [-0.4, -0.2) is 55.8 Å². The van der Waals surface area contributed by atoms with E-state index in [1.54, 1.807) is 14.2 Å². The van der Waals surface area contributed by atoms with Crippen molar-refractivity contribution in [3.05, 3.63) is 65.9 Å². The predicted molar refractivity (Wildman–Crippen MR) is 132 cm³/mol. The van der Waals surface area contributed by atoms with E-state index in [1.807, 2.05) is 49.4 Å². The maximum absolute atomic E-state index is 13.2. The molecule has 1 N–H and O–H groups in total. The molecule has 1 saturated heterocycles. The lowest BCUT2D eigenvalue weighted by atomic mass is 10.1. The molecular weight excluding hydrogens is 414 g/mol. The number of likely N-dealkylation sites (tertiary alicyclic amines) is 1. The average Bonchev–Trinajstić information content (AvgIpc) is 3.21. The Morgan fingerprint density at radius 3 is 2.42 bits per heavy atom. The van der Waals surface area contributed by atoms with Gasteiger partial charge in [-0.1, -0.05) is 36.8 Å². The standard InChI is InChI=1S/C27H33N3O3/c1-20-23(27(31)28-14-17-29-15-8-5-9-16-29)19-24(21-10-6-4-7-11-21)30(20)25-18-22(32-2)12-13-26(25)33-3/h4,6-7,10-13,18-19H,5,8-9,14-17H2,1-3H3,(H,28,31). The molecule has 0 bridgehead atoms. The molecule has 174 valence electrons. The van der Waals surface area contributed by atoms with Crippen LogP contribution in [-0.2, 0) is 0 Å². The molecule has 33 heavy (non-hydrogen) atoms. The summed E-state index contributed by atoms with van der Waals surface area (Å²) < 4.78 is 13.2. The lowest BCUT2D eigenvalue weighted by Crippen LogP contribution is -2.37. The van der Waals surface area contributed by atoms with Crippen LogP contribution >= 0.6 is 0 Å². The summed E-state index contributed by atoms with van der Waals surface area (Å²) in [6.07, 6.45) is 3.81. The maximum Gasteiger partial charge on any atom is 0.253 e. The fourth-order valence-electron chi connectivity index (χ4n) is 4.55. The second-order valence-electron chi connectivity index (χ2n) is 8.43. The predicted octanol–water partition coefficient (Wildman–Crippen LogP) is 4.69. The molecule has 1 aliphatic heterocycles. The van der Waals surface area contributed by atoms with Crippen molar-refractivity contribution < 1.29 is 14.3 Å². The normalized spacial score (nSPS) is 14.2. The molecule has 6 nitrogen and oxygen atoms in total. The van der Waals surface area contributed by atoms with Crippen LogP contribution < -0.4 is 14.8 Å². The van der Waals surface area contributed by atoms with E-state index in [2.05, 4.69) is 26.9 Å².